The quantitative estimate of drug-likeness (QED) is 0.409. The Morgan fingerprint density at radius 3 is 2.68 bits per heavy atom. The van der Waals surface area contributed by atoms with Crippen molar-refractivity contribution in [2.24, 2.45) is 0 Å². The fourth-order valence-electron chi connectivity index (χ4n) is 3.23. The van der Waals surface area contributed by atoms with Crippen LogP contribution in [0.2, 0.25) is 0 Å². The largest absolute Gasteiger partial charge is 0.325 e. The number of allylic oxidation sites excluding steroid dienone is 1. The molecule has 1 heterocycles. The lowest BCUT2D eigenvalue weighted by molar-refractivity contribution is -0.115. The normalized spacial score (nSPS) is 12.3. The van der Waals surface area contributed by atoms with E-state index in [9.17, 15) is 4.79 Å². The molecule has 3 rings (SSSR count). The van der Waals surface area contributed by atoms with E-state index in [-0.39, 0.29) is 11.2 Å². The number of rotatable bonds is 7. The summed E-state index contributed by atoms with van der Waals surface area (Å²) in [4.78, 5) is 17.7. The molecule has 0 radical (unpaired) electrons. The number of hydrogen-bond donors (Lipinski definition) is 1. The SMILES string of the molecule is C=CCn1c(SC(C)C(=O)Nc2c(C)cccc2C(C)C)nc2ccccc21. The van der Waals surface area contributed by atoms with E-state index in [0.717, 1.165) is 33.0 Å². The molecule has 0 fully saturated rings. The molecule has 0 aliphatic heterocycles. The van der Waals surface area contributed by atoms with Gasteiger partial charge in [0.15, 0.2) is 5.16 Å². The predicted molar refractivity (Wildman–Crippen MR) is 119 cm³/mol. The van der Waals surface area contributed by atoms with E-state index >= 15 is 0 Å². The standard InChI is InChI=1S/C23H27N3OS/c1-6-14-26-20-13-8-7-12-19(20)24-23(26)28-17(5)22(27)25-21-16(4)10-9-11-18(21)15(2)3/h6-13,15,17H,1,14H2,2-5H3,(H,25,27). The summed E-state index contributed by atoms with van der Waals surface area (Å²) in [6, 6.07) is 14.2. The highest BCUT2D eigenvalue weighted by Crippen LogP contribution is 2.30. The molecule has 1 amide bonds. The van der Waals surface area contributed by atoms with E-state index in [1.54, 1.807) is 0 Å². The number of carbonyl (C=O) groups is 1. The average Bonchev–Trinajstić information content (AvgIpc) is 3.00. The van der Waals surface area contributed by atoms with Crippen molar-refractivity contribution in [1.82, 2.24) is 9.55 Å². The lowest BCUT2D eigenvalue weighted by Crippen LogP contribution is -2.24. The number of aromatic nitrogens is 2. The summed E-state index contributed by atoms with van der Waals surface area (Å²) in [7, 11) is 0. The van der Waals surface area contributed by atoms with Crippen molar-refractivity contribution in [3.8, 4) is 0 Å². The maximum Gasteiger partial charge on any atom is 0.237 e. The van der Waals surface area contributed by atoms with Crippen molar-refractivity contribution in [3.05, 3.63) is 66.2 Å². The van der Waals surface area contributed by atoms with Gasteiger partial charge in [0.05, 0.1) is 16.3 Å². The first-order valence-corrected chi connectivity index (χ1v) is 10.4. The molecule has 0 aliphatic rings. The number of nitrogens with one attached hydrogen (secondary N) is 1. The van der Waals surface area contributed by atoms with E-state index in [2.05, 4.69) is 36.4 Å². The molecule has 0 aliphatic carbocycles. The smallest absolute Gasteiger partial charge is 0.237 e. The summed E-state index contributed by atoms with van der Waals surface area (Å²) < 4.78 is 2.10. The van der Waals surface area contributed by atoms with E-state index in [4.69, 9.17) is 4.98 Å². The molecule has 0 saturated heterocycles. The number of fused-ring (bicyclic) bond motifs is 1. The van der Waals surface area contributed by atoms with Crippen LogP contribution in [0.4, 0.5) is 5.69 Å². The number of para-hydroxylation sites is 3. The van der Waals surface area contributed by atoms with Gasteiger partial charge in [0.25, 0.3) is 0 Å². The van der Waals surface area contributed by atoms with Gasteiger partial charge in [0.1, 0.15) is 0 Å². The number of hydrogen-bond acceptors (Lipinski definition) is 3. The van der Waals surface area contributed by atoms with Gasteiger partial charge in [0.2, 0.25) is 5.91 Å². The van der Waals surface area contributed by atoms with Crippen LogP contribution < -0.4 is 5.32 Å². The minimum absolute atomic E-state index is 0.0154. The van der Waals surface area contributed by atoms with Crippen LogP contribution in [0, 0.1) is 6.92 Å². The summed E-state index contributed by atoms with van der Waals surface area (Å²) in [5, 5.41) is 3.70. The Balaban J connectivity index is 1.83. The predicted octanol–water partition coefficient (Wildman–Crippen LogP) is 5.77. The van der Waals surface area contributed by atoms with E-state index in [1.807, 2.05) is 56.3 Å². The van der Waals surface area contributed by atoms with Gasteiger partial charge in [-0.15, -0.1) is 6.58 Å². The number of benzene rings is 2. The lowest BCUT2D eigenvalue weighted by Gasteiger charge is -2.18. The van der Waals surface area contributed by atoms with Crippen LogP contribution in [0.3, 0.4) is 0 Å². The fraction of sp³-hybridized carbons (Fsp3) is 0.304. The first-order chi connectivity index (χ1) is 13.4. The molecule has 0 spiro atoms. The van der Waals surface area contributed by atoms with Gasteiger partial charge < -0.3 is 9.88 Å². The number of aryl methyl sites for hydroxylation is 1. The lowest BCUT2D eigenvalue weighted by atomic mass is 9.98. The van der Waals surface area contributed by atoms with Crippen molar-refractivity contribution in [2.45, 2.75) is 50.6 Å². The molecule has 0 saturated carbocycles. The summed E-state index contributed by atoms with van der Waals surface area (Å²) in [6.45, 7) is 12.7. The molecule has 1 N–H and O–H groups in total. The molecule has 0 bridgehead atoms. The monoisotopic (exact) mass is 393 g/mol. The molecular formula is C23H27N3OS. The molecule has 146 valence electrons. The zero-order chi connectivity index (χ0) is 20.3. The maximum atomic E-state index is 12.9. The van der Waals surface area contributed by atoms with Crippen molar-refractivity contribution >= 4 is 34.4 Å². The van der Waals surface area contributed by atoms with E-state index < -0.39 is 0 Å². The molecule has 1 aromatic heterocycles. The first-order valence-electron chi connectivity index (χ1n) is 9.55. The number of anilines is 1. The second-order valence-corrected chi connectivity index (χ2v) is 8.53. The Morgan fingerprint density at radius 2 is 1.96 bits per heavy atom. The van der Waals surface area contributed by atoms with Crippen molar-refractivity contribution in [3.63, 3.8) is 0 Å². The van der Waals surface area contributed by atoms with Crippen molar-refractivity contribution < 1.29 is 4.79 Å². The maximum absolute atomic E-state index is 12.9. The fourth-order valence-corrected chi connectivity index (χ4v) is 4.16. The van der Waals surface area contributed by atoms with Gasteiger partial charge in [-0.25, -0.2) is 4.98 Å². The number of carbonyl (C=O) groups excluding carboxylic acids is 1. The topological polar surface area (TPSA) is 46.9 Å². The van der Waals surface area contributed by atoms with Crippen LogP contribution in [-0.2, 0) is 11.3 Å². The Hall–Kier alpha value is -2.53. The minimum Gasteiger partial charge on any atom is -0.325 e. The Bertz CT molecular complexity index is 1010. The van der Waals surface area contributed by atoms with E-state index in [0.29, 0.717) is 12.5 Å². The third-order valence-corrected chi connectivity index (χ3v) is 5.85. The Labute approximate surface area is 171 Å². The highest BCUT2D eigenvalue weighted by Gasteiger charge is 2.21. The summed E-state index contributed by atoms with van der Waals surface area (Å²) in [6.07, 6.45) is 1.85. The molecular weight excluding hydrogens is 366 g/mol. The second kappa shape index (κ2) is 8.65. The summed E-state index contributed by atoms with van der Waals surface area (Å²) in [5.41, 5.74) is 5.15. The van der Waals surface area contributed by atoms with Gasteiger partial charge in [-0.05, 0) is 43.0 Å². The Kier molecular flexibility index (Phi) is 6.25. The third kappa shape index (κ3) is 4.14. The van der Waals surface area contributed by atoms with Gasteiger partial charge >= 0.3 is 0 Å². The Morgan fingerprint density at radius 1 is 1.21 bits per heavy atom. The molecule has 1 atom stereocenters. The number of nitrogens with zero attached hydrogens (tertiary/aromatic N) is 2. The molecule has 1 unspecified atom stereocenters. The van der Waals surface area contributed by atoms with Crippen molar-refractivity contribution in [2.75, 3.05) is 5.32 Å². The van der Waals surface area contributed by atoms with Gasteiger partial charge in [-0.1, -0.05) is 62.0 Å². The third-order valence-electron chi connectivity index (χ3n) is 4.76. The van der Waals surface area contributed by atoms with Crippen LogP contribution in [0.15, 0.2) is 60.3 Å². The number of imidazole rings is 1. The minimum atomic E-state index is -0.278. The number of thioether (sulfide) groups is 1. The van der Waals surface area contributed by atoms with Gasteiger partial charge in [0, 0.05) is 12.2 Å². The molecule has 28 heavy (non-hydrogen) atoms. The molecule has 2 aromatic carbocycles. The van der Waals surface area contributed by atoms with Crippen LogP contribution in [0.25, 0.3) is 11.0 Å². The second-order valence-electron chi connectivity index (χ2n) is 7.23. The molecule has 3 aromatic rings. The zero-order valence-electron chi connectivity index (χ0n) is 16.9. The van der Waals surface area contributed by atoms with Gasteiger partial charge in [-0.3, -0.25) is 4.79 Å². The average molecular weight is 394 g/mol. The highest BCUT2D eigenvalue weighted by atomic mass is 32.2. The van der Waals surface area contributed by atoms with Crippen LogP contribution >= 0.6 is 11.8 Å². The molecule has 5 heteroatoms. The number of amides is 1. The highest BCUT2D eigenvalue weighted by molar-refractivity contribution is 8.00. The zero-order valence-corrected chi connectivity index (χ0v) is 17.7. The summed E-state index contributed by atoms with van der Waals surface area (Å²) >= 11 is 1.48. The first kappa shape index (κ1) is 20.2. The van der Waals surface area contributed by atoms with Crippen LogP contribution in [0.1, 0.15) is 37.8 Å². The summed E-state index contributed by atoms with van der Waals surface area (Å²) in [5.74, 6) is 0.327. The van der Waals surface area contributed by atoms with Gasteiger partial charge in [-0.2, -0.15) is 0 Å². The van der Waals surface area contributed by atoms with Crippen molar-refractivity contribution in [1.29, 1.82) is 0 Å². The van der Waals surface area contributed by atoms with Crippen LogP contribution in [-0.4, -0.2) is 20.7 Å². The molecule has 4 nitrogen and oxygen atoms in total. The van der Waals surface area contributed by atoms with Crippen LogP contribution in [0.5, 0.6) is 0 Å². The van der Waals surface area contributed by atoms with E-state index in [1.165, 1.54) is 11.8 Å².